The lowest BCUT2D eigenvalue weighted by Crippen LogP contribution is -1.96. The molecule has 0 aliphatic carbocycles. The largest absolute Gasteiger partial charge is 0.221 e. The Balaban J connectivity index is 1.99. The Hall–Kier alpha value is -2.47. The maximum absolute atomic E-state index is 6.37. The third kappa shape index (κ3) is 2.33. The number of nitrogens with zero attached hydrogens (tertiary/aromatic N) is 6. The summed E-state index contributed by atoms with van der Waals surface area (Å²) in [6, 6.07) is 9.71. The summed E-state index contributed by atoms with van der Waals surface area (Å²) in [4.78, 5) is 0. The van der Waals surface area contributed by atoms with E-state index in [2.05, 4.69) is 20.4 Å². The van der Waals surface area contributed by atoms with Crippen molar-refractivity contribution in [3.05, 3.63) is 59.4 Å². The van der Waals surface area contributed by atoms with Crippen LogP contribution in [0.2, 0.25) is 5.15 Å². The maximum Gasteiger partial charge on any atom is 0.142 e. The summed E-state index contributed by atoms with van der Waals surface area (Å²) in [5.41, 5.74) is 2.48. The molecule has 0 fully saturated rings. The summed E-state index contributed by atoms with van der Waals surface area (Å²) in [7, 11) is 0. The lowest BCUT2D eigenvalue weighted by atomic mass is 10.3. The normalized spacial score (nSPS) is 11.3. The van der Waals surface area contributed by atoms with Gasteiger partial charge >= 0.3 is 0 Å². The van der Waals surface area contributed by atoms with Crippen molar-refractivity contribution < 1.29 is 0 Å². The average molecular weight is 287 g/mol. The van der Waals surface area contributed by atoms with Crippen LogP contribution < -0.4 is 0 Å². The summed E-state index contributed by atoms with van der Waals surface area (Å²) in [5.74, 6) is 0. The number of aryl methyl sites for hydroxylation is 1. The Bertz CT molecular complexity index is 730. The topological polar surface area (TPSA) is 60.9 Å². The van der Waals surface area contributed by atoms with Gasteiger partial charge in [0.1, 0.15) is 17.8 Å². The number of benzene rings is 1. The van der Waals surface area contributed by atoms with Crippen LogP contribution in [0.4, 0.5) is 0 Å². The van der Waals surface area contributed by atoms with Gasteiger partial charge in [-0.2, -0.15) is 10.2 Å². The second kappa shape index (κ2) is 5.26. The fourth-order valence-electron chi connectivity index (χ4n) is 1.78. The first-order chi connectivity index (χ1) is 9.75. The summed E-state index contributed by atoms with van der Waals surface area (Å²) < 4.78 is 3.18. The highest BCUT2D eigenvalue weighted by molar-refractivity contribution is 6.32. The lowest BCUT2D eigenvalue weighted by molar-refractivity contribution is 0.863. The zero-order valence-electron chi connectivity index (χ0n) is 10.7. The summed E-state index contributed by atoms with van der Waals surface area (Å²) >= 11 is 6.37. The van der Waals surface area contributed by atoms with Crippen LogP contribution in [0.3, 0.4) is 0 Å². The summed E-state index contributed by atoms with van der Waals surface area (Å²) in [6.07, 6.45) is 4.65. The van der Waals surface area contributed by atoms with Crippen molar-refractivity contribution in [1.29, 1.82) is 0 Å². The highest BCUT2D eigenvalue weighted by Crippen LogP contribution is 2.21. The second-order valence-corrected chi connectivity index (χ2v) is 4.48. The molecule has 0 bridgehead atoms. The zero-order chi connectivity index (χ0) is 13.9. The van der Waals surface area contributed by atoms with Crippen LogP contribution in [-0.2, 0) is 0 Å². The molecule has 1 aromatic carbocycles. The van der Waals surface area contributed by atoms with E-state index in [0.29, 0.717) is 5.15 Å². The van der Waals surface area contributed by atoms with E-state index in [4.69, 9.17) is 11.6 Å². The zero-order valence-corrected chi connectivity index (χ0v) is 11.4. The van der Waals surface area contributed by atoms with Gasteiger partial charge in [0, 0.05) is 0 Å². The Morgan fingerprint density at radius 2 is 1.85 bits per heavy atom. The number of halogens is 1. The minimum atomic E-state index is 0.519. The molecule has 0 saturated carbocycles. The van der Waals surface area contributed by atoms with Crippen LogP contribution >= 0.6 is 11.6 Å². The van der Waals surface area contributed by atoms with E-state index in [9.17, 15) is 0 Å². The van der Waals surface area contributed by atoms with Gasteiger partial charge in [0.2, 0.25) is 0 Å². The van der Waals surface area contributed by atoms with E-state index in [-0.39, 0.29) is 0 Å². The van der Waals surface area contributed by atoms with Gasteiger partial charge in [-0.25, -0.2) is 9.36 Å². The van der Waals surface area contributed by atoms with E-state index in [1.54, 1.807) is 10.9 Å². The fraction of sp³-hybridized carbons (Fsp3) is 0.0769. The standard InChI is InChI=1S/C13H11ClN6/c1-10-12(7-17-19-8-15-16-9-19)13(14)20(18-10)11-5-3-2-4-6-11/h2-9H,1H3/b17-7-. The molecule has 6 nitrogen and oxygen atoms in total. The van der Waals surface area contributed by atoms with E-state index < -0.39 is 0 Å². The lowest BCUT2D eigenvalue weighted by Gasteiger charge is -2.01. The number of hydrogen-bond donors (Lipinski definition) is 0. The molecule has 0 atom stereocenters. The molecule has 100 valence electrons. The van der Waals surface area contributed by atoms with Crippen molar-refractivity contribution in [2.24, 2.45) is 5.10 Å². The molecular weight excluding hydrogens is 276 g/mol. The van der Waals surface area contributed by atoms with E-state index in [1.807, 2.05) is 37.3 Å². The van der Waals surface area contributed by atoms with Crippen LogP contribution in [0.15, 0.2) is 48.1 Å². The molecule has 0 unspecified atom stereocenters. The SMILES string of the molecule is Cc1nn(-c2ccccc2)c(Cl)c1/C=N\n1cnnc1. The Morgan fingerprint density at radius 3 is 2.55 bits per heavy atom. The highest BCUT2D eigenvalue weighted by atomic mass is 35.5. The van der Waals surface area contributed by atoms with Gasteiger partial charge in [-0.1, -0.05) is 29.8 Å². The highest BCUT2D eigenvalue weighted by Gasteiger charge is 2.12. The van der Waals surface area contributed by atoms with Crippen LogP contribution in [0.5, 0.6) is 0 Å². The number of para-hydroxylation sites is 1. The average Bonchev–Trinajstić information content (AvgIpc) is 3.07. The summed E-state index contributed by atoms with van der Waals surface area (Å²) in [5, 5.41) is 16.5. The number of rotatable bonds is 3. The van der Waals surface area contributed by atoms with Crippen LogP contribution in [0.25, 0.3) is 5.69 Å². The molecule has 0 aliphatic rings. The van der Waals surface area contributed by atoms with Gasteiger partial charge in [-0.15, -0.1) is 10.2 Å². The molecule has 0 radical (unpaired) electrons. The minimum Gasteiger partial charge on any atom is -0.221 e. The number of hydrogen-bond acceptors (Lipinski definition) is 4. The van der Waals surface area contributed by atoms with Gasteiger partial charge in [0.25, 0.3) is 0 Å². The van der Waals surface area contributed by atoms with Gasteiger partial charge < -0.3 is 0 Å². The molecule has 0 N–H and O–H groups in total. The number of aromatic nitrogens is 5. The second-order valence-electron chi connectivity index (χ2n) is 4.12. The molecule has 2 aromatic heterocycles. The third-order valence-electron chi connectivity index (χ3n) is 2.78. The van der Waals surface area contributed by atoms with E-state index in [0.717, 1.165) is 16.9 Å². The van der Waals surface area contributed by atoms with Crippen LogP contribution in [-0.4, -0.2) is 30.9 Å². The molecule has 3 rings (SSSR count). The Morgan fingerprint density at radius 1 is 1.15 bits per heavy atom. The van der Waals surface area contributed by atoms with Gasteiger partial charge in [0.05, 0.1) is 23.2 Å². The molecule has 0 amide bonds. The third-order valence-corrected chi connectivity index (χ3v) is 3.14. The quantitative estimate of drug-likeness (QED) is 0.694. The minimum absolute atomic E-state index is 0.519. The molecule has 7 heteroatoms. The van der Waals surface area contributed by atoms with E-state index >= 15 is 0 Å². The molecular formula is C13H11ClN6. The molecule has 3 aromatic rings. The van der Waals surface area contributed by atoms with Crippen LogP contribution in [0.1, 0.15) is 11.3 Å². The molecule has 0 spiro atoms. The molecule has 2 heterocycles. The molecule has 0 saturated heterocycles. The van der Waals surface area contributed by atoms with Crippen molar-refractivity contribution in [3.8, 4) is 5.69 Å². The first kappa shape index (κ1) is 12.6. The monoisotopic (exact) mass is 286 g/mol. The predicted molar refractivity (Wildman–Crippen MR) is 76.3 cm³/mol. The van der Waals surface area contributed by atoms with Gasteiger partial charge in [-0.3, -0.25) is 0 Å². The fourth-order valence-corrected chi connectivity index (χ4v) is 2.10. The van der Waals surface area contributed by atoms with Gasteiger partial charge in [0.15, 0.2) is 0 Å². The molecule has 0 aliphatic heterocycles. The van der Waals surface area contributed by atoms with E-state index in [1.165, 1.54) is 17.3 Å². The van der Waals surface area contributed by atoms with Crippen molar-refractivity contribution in [2.45, 2.75) is 6.92 Å². The van der Waals surface area contributed by atoms with Crippen molar-refractivity contribution in [3.63, 3.8) is 0 Å². The van der Waals surface area contributed by atoms with Crippen molar-refractivity contribution >= 4 is 17.8 Å². The van der Waals surface area contributed by atoms with Crippen molar-refractivity contribution in [2.75, 3.05) is 0 Å². The summed E-state index contributed by atoms with van der Waals surface area (Å²) in [6.45, 7) is 1.89. The first-order valence-corrected chi connectivity index (χ1v) is 6.33. The first-order valence-electron chi connectivity index (χ1n) is 5.95. The smallest absolute Gasteiger partial charge is 0.142 e. The Labute approximate surface area is 120 Å². The Kier molecular flexibility index (Phi) is 3.30. The molecule has 20 heavy (non-hydrogen) atoms. The van der Waals surface area contributed by atoms with Gasteiger partial charge in [-0.05, 0) is 19.1 Å². The predicted octanol–water partition coefficient (Wildman–Crippen LogP) is 2.31. The van der Waals surface area contributed by atoms with Crippen LogP contribution in [0, 0.1) is 6.92 Å². The maximum atomic E-state index is 6.37. The van der Waals surface area contributed by atoms with Crippen molar-refractivity contribution in [1.82, 2.24) is 24.7 Å².